The van der Waals surface area contributed by atoms with E-state index in [9.17, 15) is 9.59 Å². The van der Waals surface area contributed by atoms with Gasteiger partial charge in [-0.1, -0.05) is 12.1 Å². The molecule has 29 heavy (non-hydrogen) atoms. The fourth-order valence-corrected chi connectivity index (χ4v) is 3.44. The molecule has 3 rings (SSSR count). The van der Waals surface area contributed by atoms with Crippen molar-refractivity contribution in [3.05, 3.63) is 48.0 Å². The summed E-state index contributed by atoms with van der Waals surface area (Å²) in [5.41, 5.74) is 1.14. The monoisotopic (exact) mass is 398 g/mol. The minimum absolute atomic E-state index is 0.147. The van der Waals surface area contributed by atoms with Gasteiger partial charge in [-0.05, 0) is 38.1 Å². The maximum atomic E-state index is 13.1. The average molecular weight is 398 g/mol. The van der Waals surface area contributed by atoms with Crippen LogP contribution in [0.2, 0.25) is 0 Å². The highest BCUT2D eigenvalue weighted by Crippen LogP contribution is 2.31. The van der Waals surface area contributed by atoms with Crippen molar-refractivity contribution in [1.82, 2.24) is 4.90 Å². The summed E-state index contributed by atoms with van der Waals surface area (Å²) in [7, 11) is 3.06. The molecular weight excluding hydrogens is 372 g/mol. The number of carbonyl (C=O) groups excluding carboxylic acids is 2. The van der Waals surface area contributed by atoms with Gasteiger partial charge in [0.25, 0.3) is 5.91 Å². The number of piperazine rings is 1. The topological polar surface area (TPSA) is 68.3 Å². The molecule has 0 unspecified atom stereocenters. The largest absolute Gasteiger partial charge is 0.497 e. The normalized spacial score (nSPS) is 16.6. The van der Waals surface area contributed by atoms with Crippen molar-refractivity contribution in [2.24, 2.45) is 0 Å². The van der Waals surface area contributed by atoms with E-state index >= 15 is 0 Å². The molecule has 0 bridgehead atoms. The van der Waals surface area contributed by atoms with Gasteiger partial charge in [-0.25, -0.2) is 0 Å². The number of methoxy groups -OCH3 is 2. The minimum Gasteiger partial charge on any atom is -0.497 e. The lowest BCUT2D eigenvalue weighted by Crippen LogP contribution is -2.57. The van der Waals surface area contributed by atoms with E-state index in [4.69, 9.17) is 14.2 Å². The second kappa shape index (κ2) is 8.86. The van der Waals surface area contributed by atoms with E-state index in [1.54, 1.807) is 34.9 Å². The zero-order chi connectivity index (χ0) is 21.0. The smallest absolute Gasteiger partial charge is 0.254 e. The first-order chi connectivity index (χ1) is 14.0. The van der Waals surface area contributed by atoms with E-state index in [-0.39, 0.29) is 11.8 Å². The predicted octanol–water partition coefficient (Wildman–Crippen LogP) is 2.98. The van der Waals surface area contributed by atoms with Crippen molar-refractivity contribution < 1.29 is 23.8 Å². The molecule has 0 saturated carbocycles. The summed E-state index contributed by atoms with van der Waals surface area (Å²) in [6.07, 6.45) is 0. The third-order valence-corrected chi connectivity index (χ3v) is 4.97. The van der Waals surface area contributed by atoms with Crippen molar-refractivity contribution in [1.29, 1.82) is 0 Å². The average Bonchev–Trinajstić information content (AvgIpc) is 2.75. The quantitative estimate of drug-likeness (QED) is 0.748. The van der Waals surface area contributed by atoms with Gasteiger partial charge < -0.3 is 24.0 Å². The number of benzene rings is 2. The lowest BCUT2D eigenvalue weighted by atomic mass is 10.1. The number of carbonyl (C=O) groups is 2. The summed E-state index contributed by atoms with van der Waals surface area (Å²) in [6, 6.07) is 11.8. The number of amides is 2. The Balaban J connectivity index is 1.84. The number of ether oxygens (including phenoxy) is 3. The molecule has 1 fully saturated rings. The maximum Gasteiger partial charge on any atom is 0.254 e. The van der Waals surface area contributed by atoms with Gasteiger partial charge in [0.05, 0.1) is 26.5 Å². The Hall–Kier alpha value is -3.22. The summed E-state index contributed by atoms with van der Waals surface area (Å²) < 4.78 is 16.2. The molecule has 0 aromatic heterocycles. The second-order valence-electron chi connectivity index (χ2n) is 6.67. The van der Waals surface area contributed by atoms with E-state index in [1.165, 1.54) is 14.2 Å². The van der Waals surface area contributed by atoms with Crippen molar-refractivity contribution in [2.45, 2.75) is 19.9 Å². The van der Waals surface area contributed by atoms with Crippen LogP contribution in [0.3, 0.4) is 0 Å². The van der Waals surface area contributed by atoms with Gasteiger partial charge >= 0.3 is 0 Å². The Morgan fingerprint density at radius 2 is 1.72 bits per heavy atom. The van der Waals surface area contributed by atoms with Crippen LogP contribution in [-0.4, -0.2) is 56.7 Å². The molecule has 0 radical (unpaired) electrons. The van der Waals surface area contributed by atoms with Crippen molar-refractivity contribution in [3.8, 4) is 17.2 Å². The number of hydrogen-bond donors (Lipinski definition) is 0. The Labute approximate surface area is 170 Å². The highest BCUT2D eigenvalue weighted by molar-refractivity contribution is 6.04. The molecule has 1 heterocycles. The highest BCUT2D eigenvalue weighted by atomic mass is 16.5. The van der Waals surface area contributed by atoms with Crippen molar-refractivity contribution >= 4 is 17.5 Å². The zero-order valence-electron chi connectivity index (χ0n) is 17.2. The predicted molar refractivity (Wildman–Crippen MR) is 110 cm³/mol. The summed E-state index contributed by atoms with van der Waals surface area (Å²) in [4.78, 5) is 29.5. The lowest BCUT2D eigenvalue weighted by Gasteiger charge is -2.39. The molecule has 0 aliphatic carbocycles. The van der Waals surface area contributed by atoms with Crippen LogP contribution in [0, 0.1) is 0 Å². The van der Waals surface area contributed by atoms with Gasteiger partial charge in [0.2, 0.25) is 5.91 Å². The molecule has 2 amide bonds. The fraction of sp³-hybridized carbons (Fsp3) is 0.364. The molecule has 0 spiro atoms. The molecular formula is C22H26N2O5. The number of nitrogens with zero attached hydrogens (tertiary/aromatic N) is 2. The standard InChI is InChI=1S/C22H26N2O5/c1-5-29-20-9-7-6-8-19(20)24-11-10-23(15(2)21(24)25)22(26)16-12-17(27-3)14-18(13-16)28-4/h6-9,12-15H,5,10-11H2,1-4H3/t15-/m1/s1. The van der Waals surface area contributed by atoms with Gasteiger partial charge in [0, 0.05) is 24.7 Å². The molecule has 2 aromatic carbocycles. The third kappa shape index (κ3) is 4.13. The van der Waals surface area contributed by atoms with Crippen molar-refractivity contribution in [2.75, 3.05) is 38.8 Å². The first-order valence-corrected chi connectivity index (χ1v) is 9.57. The summed E-state index contributed by atoms with van der Waals surface area (Å²) in [6.45, 7) is 4.95. The summed E-state index contributed by atoms with van der Waals surface area (Å²) in [5.74, 6) is 1.33. The van der Waals surface area contributed by atoms with Gasteiger partial charge in [-0.15, -0.1) is 0 Å². The Kier molecular flexibility index (Phi) is 6.26. The van der Waals surface area contributed by atoms with Crippen LogP contribution in [0.5, 0.6) is 17.2 Å². The van der Waals surface area contributed by atoms with Crippen molar-refractivity contribution in [3.63, 3.8) is 0 Å². The van der Waals surface area contributed by atoms with Gasteiger partial charge in [0.15, 0.2) is 0 Å². The third-order valence-electron chi connectivity index (χ3n) is 4.97. The van der Waals surface area contributed by atoms with E-state index in [0.29, 0.717) is 42.5 Å². The SMILES string of the molecule is CCOc1ccccc1N1CCN(C(=O)c2cc(OC)cc(OC)c2)[C@H](C)C1=O. The molecule has 1 aliphatic heterocycles. The number of anilines is 1. The maximum absolute atomic E-state index is 13.1. The molecule has 7 nitrogen and oxygen atoms in total. The Morgan fingerprint density at radius 1 is 1.07 bits per heavy atom. The first-order valence-electron chi connectivity index (χ1n) is 9.57. The molecule has 1 aliphatic rings. The van der Waals surface area contributed by atoms with E-state index in [2.05, 4.69) is 0 Å². The first kappa shape index (κ1) is 20.5. The van der Waals surface area contributed by atoms with Crippen LogP contribution in [0.15, 0.2) is 42.5 Å². The second-order valence-corrected chi connectivity index (χ2v) is 6.67. The van der Waals surface area contributed by atoms with Gasteiger partial charge in [-0.3, -0.25) is 9.59 Å². The number of rotatable bonds is 6. The molecule has 0 N–H and O–H groups in total. The summed E-state index contributed by atoms with van der Waals surface area (Å²) in [5, 5.41) is 0. The van der Waals surface area contributed by atoms with E-state index in [1.807, 2.05) is 31.2 Å². The van der Waals surface area contributed by atoms with Crippen LogP contribution in [0.4, 0.5) is 5.69 Å². The minimum atomic E-state index is -0.608. The Bertz CT molecular complexity index is 876. The van der Waals surface area contributed by atoms with Gasteiger partial charge in [0.1, 0.15) is 23.3 Å². The van der Waals surface area contributed by atoms with Crippen LogP contribution >= 0.6 is 0 Å². The molecule has 2 aromatic rings. The van der Waals surface area contributed by atoms with Crippen LogP contribution < -0.4 is 19.1 Å². The molecule has 1 saturated heterocycles. The highest BCUT2D eigenvalue weighted by Gasteiger charge is 2.36. The van der Waals surface area contributed by atoms with Gasteiger partial charge in [-0.2, -0.15) is 0 Å². The fourth-order valence-electron chi connectivity index (χ4n) is 3.44. The number of para-hydroxylation sites is 2. The van der Waals surface area contributed by atoms with Crippen LogP contribution in [-0.2, 0) is 4.79 Å². The molecule has 1 atom stereocenters. The Morgan fingerprint density at radius 3 is 2.34 bits per heavy atom. The van der Waals surface area contributed by atoms with Crippen LogP contribution in [0.1, 0.15) is 24.2 Å². The van der Waals surface area contributed by atoms with E-state index < -0.39 is 6.04 Å². The lowest BCUT2D eigenvalue weighted by molar-refractivity contribution is -0.124. The van der Waals surface area contributed by atoms with Crippen LogP contribution in [0.25, 0.3) is 0 Å². The number of hydrogen-bond acceptors (Lipinski definition) is 5. The molecule has 7 heteroatoms. The summed E-state index contributed by atoms with van der Waals surface area (Å²) >= 11 is 0. The zero-order valence-corrected chi connectivity index (χ0v) is 17.2. The molecule has 154 valence electrons. The van der Waals surface area contributed by atoms with E-state index in [0.717, 1.165) is 5.69 Å².